The number of halogens is 1. The van der Waals surface area contributed by atoms with Crippen molar-refractivity contribution in [3.05, 3.63) is 23.8 Å². The average Bonchev–Trinajstić information content (AvgIpc) is 2.18. The van der Waals surface area contributed by atoms with Crippen molar-refractivity contribution in [1.82, 2.24) is 0 Å². The summed E-state index contributed by atoms with van der Waals surface area (Å²) in [4.78, 5) is 10.9. The predicted octanol–water partition coefficient (Wildman–Crippen LogP) is 2.43. The third kappa shape index (κ3) is 3.44. The number of hydrogen-bond donors (Lipinski definition) is 1. The van der Waals surface area contributed by atoms with Crippen molar-refractivity contribution in [1.29, 1.82) is 0 Å². The maximum absolute atomic E-state index is 10.9. The van der Waals surface area contributed by atoms with E-state index in [1.807, 2.05) is 12.1 Å². The van der Waals surface area contributed by atoms with Crippen LogP contribution in [0.25, 0.3) is 0 Å². The second-order valence-corrected chi connectivity index (χ2v) is 3.52. The Morgan fingerprint density at radius 1 is 1.53 bits per heavy atom. The first-order valence-electron chi connectivity index (χ1n) is 4.68. The fourth-order valence-corrected chi connectivity index (χ4v) is 1.56. The van der Waals surface area contributed by atoms with Crippen LogP contribution in [0.4, 0.5) is 5.69 Å². The van der Waals surface area contributed by atoms with Crippen molar-refractivity contribution in [3.63, 3.8) is 0 Å². The Balaban J connectivity index is 2.93. The summed E-state index contributed by atoms with van der Waals surface area (Å²) in [6.07, 6.45) is 0.720. The number of benzene rings is 1. The van der Waals surface area contributed by atoms with Crippen molar-refractivity contribution < 1.29 is 9.53 Å². The van der Waals surface area contributed by atoms with Gasteiger partial charge in [-0.1, -0.05) is 0 Å². The zero-order valence-electron chi connectivity index (χ0n) is 8.84. The number of aryl methyl sites for hydroxylation is 1. The molecule has 1 N–H and O–H groups in total. The summed E-state index contributed by atoms with van der Waals surface area (Å²) in [5, 5.41) is 2.72. The number of ether oxygens (including phenoxy) is 1. The first-order chi connectivity index (χ1) is 7.17. The van der Waals surface area contributed by atoms with Crippen LogP contribution in [0.5, 0.6) is 5.75 Å². The van der Waals surface area contributed by atoms with E-state index in [1.165, 1.54) is 6.92 Å². The van der Waals surface area contributed by atoms with E-state index in [4.69, 9.17) is 16.3 Å². The molecule has 82 valence electrons. The number of methoxy groups -OCH3 is 1. The van der Waals surface area contributed by atoms with Crippen LogP contribution in [0.1, 0.15) is 12.5 Å². The lowest BCUT2D eigenvalue weighted by Gasteiger charge is -2.09. The van der Waals surface area contributed by atoms with Gasteiger partial charge in [0.15, 0.2) is 0 Å². The lowest BCUT2D eigenvalue weighted by molar-refractivity contribution is -0.114. The van der Waals surface area contributed by atoms with Crippen molar-refractivity contribution >= 4 is 23.2 Å². The lowest BCUT2D eigenvalue weighted by Crippen LogP contribution is -2.06. The molecule has 0 spiro atoms. The zero-order valence-corrected chi connectivity index (χ0v) is 9.60. The summed E-state index contributed by atoms with van der Waals surface area (Å²) >= 11 is 5.68. The molecule has 4 heteroatoms. The Bertz CT molecular complexity index is 352. The van der Waals surface area contributed by atoms with Gasteiger partial charge in [-0.25, -0.2) is 0 Å². The second kappa shape index (κ2) is 5.61. The van der Waals surface area contributed by atoms with Crippen molar-refractivity contribution in [2.45, 2.75) is 13.3 Å². The third-order valence-electron chi connectivity index (χ3n) is 1.96. The molecule has 1 amide bonds. The molecule has 0 atom stereocenters. The first-order valence-corrected chi connectivity index (χ1v) is 5.21. The quantitative estimate of drug-likeness (QED) is 0.803. The van der Waals surface area contributed by atoms with Gasteiger partial charge in [0.1, 0.15) is 5.75 Å². The maximum atomic E-state index is 10.9. The fourth-order valence-electron chi connectivity index (χ4n) is 1.36. The monoisotopic (exact) mass is 227 g/mol. The Morgan fingerprint density at radius 3 is 2.80 bits per heavy atom. The molecule has 0 aliphatic rings. The van der Waals surface area contributed by atoms with Gasteiger partial charge in [0.2, 0.25) is 5.91 Å². The smallest absolute Gasteiger partial charge is 0.221 e. The highest BCUT2D eigenvalue weighted by Gasteiger charge is 2.04. The van der Waals surface area contributed by atoms with Crippen LogP contribution in [0.2, 0.25) is 0 Å². The number of rotatable bonds is 4. The van der Waals surface area contributed by atoms with Crippen LogP contribution in [-0.2, 0) is 11.2 Å². The van der Waals surface area contributed by atoms with Gasteiger partial charge in [0.25, 0.3) is 0 Å². The van der Waals surface area contributed by atoms with Gasteiger partial charge >= 0.3 is 0 Å². The van der Waals surface area contributed by atoms with Crippen molar-refractivity contribution in [2.75, 3.05) is 18.3 Å². The lowest BCUT2D eigenvalue weighted by atomic mass is 10.1. The molecular formula is C11H14ClNO2. The maximum Gasteiger partial charge on any atom is 0.221 e. The SMILES string of the molecule is COc1ccc(NC(C)=O)cc1CCCl. The molecule has 0 bridgehead atoms. The van der Waals surface area contributed by atoms with Gasteiger partial charge in [0.05, 0.1) is 7.11 Å². The van der Waals surface area contributed by atoms with Gasteiger partial charge in [-0.2, -0.15) is 0 Å². The number of hydrogen-bond acceptors (Lipinski definition) is 2. The molecule has 0 saturated carbocycles. The molecule has 0 fully saturated rings. The highest BCUT2D eigenvalue weighted by molar-refractivity contribution is 6.18. The second-order valence-electron chi connectivity index (χ2n) is 3.15. The third-order valence-corrected chi connectivity index (χ3v) is 2.15. The number of anilines is 1. The standard InChI is InChI=1S/C11H14ClNO2/c1-8(14)13-10-3-4-11(15-2)9(7-10)5-6-12/h3-4,7H,5-6H2,1-2H3,(H,13,14). The van der Waals surface area contributed by atoms with E-state index in [2.05, 4.69) is 5.32 Å². The predicted molar refractivity (Wildman–Crippen MR) is 61.7 cm³/mol. The van der Waals surface area contributed by atoms with E-state index in [0.717, 1.165) is 23.4 Å². The van der Waals surface area contributed by atoms with Crippen LogP contribution in [-0.4, -0.2) is 18.9 Å². The highest BCUT2D eigenvalue weighted by atomic mass is 35.5. The summed E-state index contributed by atoms with van der Waals surface area (Å²) in [6.45, 7) is 1.48. The molecule has 3 nitrogen and oxygen atoms in total. The van der Waals surface area contributed by atoms with Crippen LogP contribution >= 0.6 is 11.6 Å². The van der Waals surface area contributed by atoms with Gasteiger partial charge in [0, 0.05) is 18.5 Å². The fraction of sp³-hybridized carbons (Fsp3) is 0.364. The van der Waals surface area contributed by atoms with Crippen LogP contribution < -0.4 is 10.1 Å². The Labute approximate surface area is 94.4 Å². The highest BCUT2D eigenvalue weighted by Crippen LogP contribution is 2.23. The van der Waals surface area contributed by atoms with Crippen LogP contribution in [0, 0.1) is 0 Å². The first kappa shape index (κ1) is 11.9. The number of amides is 1. The minimum absolute atomic E-state index is 0.0861. The Kier molecular flexibility index (Phi) is 4.43. The van der Waals surface area contributed by atoms with E-state index in [9.17, 15) is 4.79 Å². The molecule has 0 saturated heterocycles. The van der Waals surface area contributed by atoms with Gasteiger partial charge in [-0.15, -0.1) is 11.6 Å². The molecule has 0 radical (unpaired) electrons. The molecule has 15 heavy (non-hydrogen) atoms. The summed E-state index contributed by atoms with van der Waals surface area (Å²) in [5.41, 5.74) is 1.77. The summed E-state index contributed by atoms with van der Waals surface area (Å²) in [5.74, 6) is 1.24. The van der Waals surface area contributed by atoms with Gasteiger partial charge < -0.3 is 10.1 Å². The Morgan fingerprint density at radius 2 is 2.27 bits per heavy atom. The minimum Gasteiger partial charge on any atom is -0.496 e. The average molecular weight is 228 g/mol. The summed E-state index contributed by atoms with van der Waals surface area (Å²) < 4.78 is 5.19. The van der Waals surface area contributed by atoms with Crippen molar-refractivity contribution in [2.24, 2.45) is 0 Å². The largest absolute Gasteiger partial charge is 0.496 e. The molecule has 0 aromatic heterocycles. The number of nitrogens with one attached hydrogen (secondary N) is 1. The molecule has 0 unspecified atom stereocenters. The zero-order chi connectivity index (χ0) is 11.3. The van der Waals surface area contributed by atoms with Crippen LogP contribution in [0.15, 0.2) is 18.2 Å². The number of carbonyl (C=O) groups excluding carboxylic acids is 1. The molecular weight excluding hydrogens is 214 g/mol. The van der Waals surface area contributed by atoms with E-state index in [-0.39, 0.29) is 5.91 Å². The summed E-state index contributed by atoms with van der Waals surface area (Å²) in [6, 6.07) is 5.51. The van der Waals surface area contributed by atoms with E-state index >= 15 is 0 Å². The van der Waals surface area contributed by atoms with Crippen molar-refractivity contribution in [3.8, 4) is 5.75 Å². The topological polar surface area (TPSA) is 38.3 Å². The molecule has 0 heterocycles. The minimum atomic E-state index is -0.0861. The Hall–Kier alpha value is -1.22. The normalized spacial score (nSPS) is 9.80. The molecule has 1 rings (SSSR count). The van der Waals surface area contributed by atoms with Crippen LogP contribution in [0.3, 0.4) is 0 Å². The van der Waals surface area contributed by atoms with Gasteiger partial charge in [-0.3, -0.25) is 4.79 Å². The van der Waals surface area contributed by atoms with E-state index in [1.54, 1.807) is 13.2 Å². The summed E-state index contributed by atoms with van der Waals surface area (Å²) in [7, 11) is 1.62. The molecule has 1 aromatic rings. The van der Waals surface area contributed by atoms with E-state index < -0.39 is 0 Å². The molecule has 0 aliphatic carbocycles. The molecule has 1 aromatic carbocycles. The molecule has 0 aliphatic heterocycles. The number of alkyl halides is 1. The van der Waals surface area contributed by atoms with E-state index in [0.29, 0.717) is 5.88 Å². The van der Waals surface area contributed by atoms with Gasteiger partial charge in [-0.05, 0) is 30.2 Å². The number of carbonyl (C=O) groups is 1.